The zero-order chi connectivity index (χ0) is 14.9. The number of hydrogen-bond acceptors (Lipinski definition) is 3. The molecule has 1 fully saturated rings. The number of carbonyl (C=O) groups excluding carboxylic acids is 1. The van der Waals surface area contributed by atoms with E-state index in [0.29, 0.717) is 29.3 Å². The number of H-pyrrole nitrogens is 1. The normalized spacial score (nSPS) is 17.0. The van der Waals surface area contributed by atoms with Crippen molar-refractivity contribution in [3.63, 3.8) is 0 Å². The van der Waals surface area contributed by atoms with E-state index >= 15 is 0 Å². The average molecular weight is 286 g/mol. The molecule has 0 radical (unpaired) electrons. The van der Waals surface area contributed by atoms with Crippen molar-refractivity contribution in [1.82, 2.24) is 10.3 Å². The van der Waals surface area contributed by atoms with Gasteiger partial charge in [-0.2, -0.15) is 0 Å². The Balaban J connectivity index is 1.86. The van der Waals surface area contributed by atoms with Gasteiger partial charge >= 0.3 is 0 Å². The van der Waals surface area contributed by atoms with Crippen LogP contribution in [-0.2, 0) is 0 Å². The van der Waals surface area contributed by atoms with Crippen LogP contribution < -0.4 is 10.9 Å². The summed E-state index contributed by atoms with van der Waals surface area (Å²) in [6, 6.07) is 8.49. The molecule has 3 N–H and O–H groups in total. The minimum Gasteiger partial charge on any atom is -0.388 e. The molecule has 110 valence electrons. The molecule has 1 aromatic carbocycles. The quantitative estimate of drug-likeness (QED) is 0.801. The van der Waals surface area contributed by atoms with Gasteiger partial charge in [0.2, 0.25) is 5.56 Å². The molecule has 1 saturated carbocycles. The van der Waals surface area contributed by atoms with Crippen LogP contribution >= 0.6 is 0 Å². The van der Waals surface area contributed by atoms with E-state index in [2.05, 4.69) is 10.3 Å². The van der Waals surface area contributed by atoms with Crippen LogP contribution in [0.5, 0.6) is 0 Å². The Morgan fingerprint density at radius 1 is 1.29 bits per heavy atom. The predicted octanol–water partition coefficient (Wildman–Crippen LogP) is 1.56. The predicted molar refractivity (Wildman–Crippen MR) is 80.3 cm³/mol. The minimum atomic E-state index is -0.799. The van der Waals surface area contributed by atoms with Crippen LogP contribution in [0.2, 0.25) is 0 Å². The van der Waals surface area contributed by atoms with Crippen LogP contribution in [0.1, 0.15) is 36.0 Å². The lowest BCUT2D eigenvalue weighted by Gasteiger charge is -2.22. The summed E-state index contributed by atoms with van der Waals surface area (Å²) < 4.78 is 0. The van der Waals surface area contributed by atoms with Crippen molar-refractivity contribution in [2.45, 2.75) is 31.3 Å². The van der Waals surface area contributed by atoms with Gasteiger partial charge in [-0.1, -0.05) is 31.0 Å². The molecular weight excluding hydrogens is 268 g/mol. The summed E-state index contributed by atoms with van der Waals surface area (Å²) in [5, 5.41) is 13.7. The number of carbonyl (C=O) groups is 1. The molecule has 1 amide bonds. The maximum absolute atomic E-state index is 12.3. The maximum atomic E-state index is 12.3. The average Bonchev–Trinajstić information content (AvgIpc) is 2.91. The fourth-order valence-electron chi connectivity index (χ4n) is 2.94. The standard InChI is InChI=1S/C16H18N2O3/c19-14-9-12(11-5-1-2-6-13(11)18-14)15(20)17-10-16(21)7-3-4-8-16/h1-2,5-6,9,21H,3-4,7-8,10H2,(H,17,20)(H,18,19). The highest BCUT2D eigenvalue weighted by atomic mass is 16.3. The second-order valence-corrected chi connectivity index (χ2v) is 5.71. The van der Waals surface area contributed by atoms with E-state index in [4.69, 9.17) is 0 Å². The van der Waals surface area contributed by atoms with Gasteiger partial charge in [-0.05, 0) is 18.9 Å². The van der Waals surface area contributed by atoms with Gasteiger partial charge in [0.15, 0.2) is 0 Å². The Hall–Kier alpha value is -2.14. The number of aromatic nitrogens is 1. The molecule has 2 aromatic rings. The number of nitrogens with one attached hydrogen (secondary N) is 2. The highest BCUT2D eigenvalue weighted by Gasteiger charge is 2.31. The number of hydrogen-bond donors (Lipinski definition) is 3. The lowest BCUT2D eigenvalue weighted by Crippen LogP contribution is -2.41. The van der Waals surface area contributed by atoms with Gasteiger partial charge in [0, 0.05) is 23.5 Å². The van der Waals surface area contributed by atoms with Crippen molar-refractivity contribution in [3.05, 3.63) is 46.2 Å². The van der Waals surface area contributed by atoms with Gasteiger partial charge in [0.05, 0.1) is 11.2 Å². The molecule has 1 aromatic heterocycles. The van der Waals surface area contributed by atoms with E-state index in [9.17, 15) is 14.7 Å². The summed E-state index contributed by atoms with van der Waals surface area (Å²) in [4.78, 5) is 26.7. The zero-order valence-electron chi connectivity index (χ0n) is 11.7. The third-order valence-corrected chi connectivity index (χ3v) is 4.11. The smallest absolute Gasteiger partial charge is 0.252 e. The van der Waals surface area contributed by atoms with Crippen molar-refractivity contribution in [2.24, 2.45) is 0 Å². The van der Waals surface area contributed by atoms with Gasteiger partial charge in [-0.25, -0.2) is 0 Å². The maximum Gasteiger partial charge on any atom is 0.252 e. The summed E-state index contributed by atoms with van der Waals surface area (Å²) in [5.41, 5.74) is -0.128. The lowest BCUT2D eigenvalue weighted by atomic mass is 10.0. The molecular formula is C16H18N2O3. The molecule has 0 atom stereocenters. The van der Waals surface area contributed by atoms with Crippen LogP contribution in [0.25, 0.3) is 10.9 Å². The number of pyridine rings is 1. The fourth-order valence-corrected chi connectivity index (χ4v) is 2.94. The third kappa shape index (κ3) is 2.83. The molecule has 21 heavy (non-hydrogen) atoms. The molecule has 5 heteroatoms. The van der Waals surface area contributed by atoms with Gasteiger partial charge in [0.1, 0.15) is 0 Å². The molecule has 0 aliphatic heterocycles. The molecule has 1 heterocycles. The first kappa shape index (κ1) is 13.8. The van der Waals surface area contributed by atoms with E-state index in [1.807, 2.05) is 6.07 Å². The molecule has 3 rings (SSSR count). The fraction of sp³-hybridized carbons (Fsp3) is 0.375. The van der Waals surface area contributed by atoms with Crippen LogP contribution in [0.4, 0.5) is 0 Å². The number of para-hydroxylation sites is 1. The van der Waals surface area contributed by atoms with Crippen LogP contribution in [-0.4, -0.2) is 28.1 Å². The molecule has 0 saturated heterocycles. The summed E-state index contributed by atoms with van der Waals surface area (Å²) >= 11 is 0. The summed E-state index contributed by atoms with van der Waals surface area (Å²) in [6.45, 7) is 0.229. The Morgan fingerprint density at radius 2 is 2.00 bits per heavy atom. The number of amides is 1. The monoisotopic (exact) mass is 286 g/mol. The largest absolute Gasteiger partial charge is 0.388 e. The van der Waals surface area contributed by atoms with Crippen LogP contribution in [0.15, 0.2) is 35.1 Å². The van der Waals surface area contributed by atoms with E-state index in [1.54, 1.807) is 18.2 Å². The summed E-state index contributed by atoms with van der Waals surface area (Å²) in [7, 11) is 0. The first-order valence-corrected chi connectivity index (χ1v) is 7.20. The van der Waals surface area contributed by atoms with Gasteiger partial charge in [-0.15, -0.1) is 0 Å². The number of aliphatic hydroxyl groups is 1. The van der Waals surface area contributed by atoms with E-state index in [-0.39, 0.29) is 18.0 Å². The van der Waals surface area contributed by atoms with Crippen molar-refractivity contribution < 1.29 is 9.90 Å². The molecule has 5 nitrogen and oxygen atoms in total. The second-order valence-electron chi connectivity index (χ2n) is 5.71. The first-order valence-electron chi connectivity index (χ1n) is 7.20. The Morgan fingerprint density at radius 3 is 2.76 bits per heavy atom. The van der Waals surface area contributed by atoms with Crippen molar-refractivity contribution in [2.75, 3.05) is 6.54 Å². The Bertz CT molecular complexity index is 730. The minimum absolute atomic E-state index is 0.229. The number of benzene rings is 1. The zero-order valence-corrected chi connectivity index (χ0v) is 11.7. The van der Waals surface area contributed by atoms with Crippen molar-refractivity contribution in [3.8, 4) is 0 Å². The SMILES string of the molecule is O=C(NCC1(O)CCCC1)c1cc(=O)[nH]c2ccccc12. The summed E-state index contributed by atoms with van der Waals surface area (Å²) in [6.07, 6.45) is 3.40. The van der Waals surface area contributed by atoms with E-state index in [0.717, 1.165) is 12.8 Å². The van der Waals surface area contributed by atoms with Gasteiger partial charge < -0.3 is 15.4 Å². The van der Waals surface area contributed by atoms with Gasteiger partial charge in [0.25, 0.3) is 5.91 Å². The highest BCUT2D eigenvalue weighted by Crippen LogP contribution is 2.28. The second kappa shape index (κ2) is 5.33. The first-order chi connectivity index (χ1) is 10.1. The third-order valence-electron chi connectivity index (χ3n) is 4.11. The van der Waals surface area contributed by atoms with Crippen molar-refractivity contribution in [1.29, 1.82) is 0 Å². The topological polar surface area (TPSA) is 82.2 Å². The van der Waals surface area contributed by atoms with E-state index < -0.39 is 5.60 Å². The molecule has 1 aliphatic rings. The number of aromatic amines is 1. The van der Waals surface area contributed by atoms with Crippen molar-refractivity contribution >= 4 is 16.8 Å². The lowest BCUT2D eigenvalue weighted by molar-refractivity contribution is 0.0450. The van der Waals surface area contributed by atoms with E-state index in [1.165, 1.54) is 6.07 Å². The number of fused-ring (bicyclic) bond motifs is 1. The molecule has 0 bridgehead atoms. The van der Waals surface area contributed by atoms with Gasteiger partial charge in [-0.3, -0.25) is 9.59 Å². The Kier molecular flexibility index (Phi) is 3.51. The Labute approximate surface area is 122 Å². The summed E-state index contributed by atoms with van der Waals surface area (Å²) in [5.74, 6) is -0.322. The molecule has 0 unspecified atom stereocenters. The van der Waals surface area contributed by atoms with Crippen LogP contribution in [0, 0.1) is 0 Å². The van der Waals surface area contributed by atoms with Crippen LogP contribution in [0.3, 0.4) is 0 Å². The number of rotatable bonds is 3. The highest BCUT2D eigenvalue weighted by molar-refractivity contribution is 6.05. The molecule has 0 spiro atoms. The molecule has 1 aliphatic carbocycles.